The zero-order valence-electron chi connectivity index (χ0n) is 14.3. The lowest BCUT2D eigenvalue weighted by atomic mass is 10.1. The molecule has 0 saturated heterocycles. The van der Waals surface area contributed by atoms with Crippen LogP contribution in [0.15, 0.2) is 34.9 Å². The van der Waals surface area contributed by atoms with E-state index in [9.17, 15) is 9.18 Å². The first-order chi connectivity index (χ1) is 11.5. The third kappa shape index (κ3) is 5.37. The van der Waals surface area contributed by atoms with Gasteiger partial charge in [-0.3, -0.25) is 4.79 Å². The minimum Gasteiger partial charge on any atom is -0.479 e. The van der Waals surface area contributed by atoms with Crippen LogP contribution in [-0.4, -0.2) is 29.6 Å². The Morgan fingerprint density at radius 2 is 2.17 bits per heavy atom. The molecule has 1 aromatic carbocycles. The van der Waals surface area contributed by atoms with Crippen LogP contribution in [0.4, 0.5) is 4.39 Å². The van der Waals surface area contributed by atoms with Crippen molar-refractivity contribution in [2.75, 3.05) is 13.7 Å². The van der Waals surface area contributed by atoms with Gasteiger partial charge in [-0.25, -0.2) is 4.39 Å². The Hall–Kier alpha value is -2.37. The Bertz CT molecular complexity index is 670. The second kappa shape index (κ2) is 8.47. The van der Waals surface area contributed by atoms with Gasteiger partial charge in [-0.05, 0) is 28.8 Å². The van der Waals surface area contributed by atoms with Crippen LogP contribution >= 0.6 is 0 Å². The number of aryl methyl sites for hydroxylation is 1. The van der Waals surface area contributed by atoms with Gasteiger partial charge in [-0.15, -0.1) is 0 Å². The van der Waals surface area contributed by atoms with Crippen LogP contribution in [-0.2, 0) is 17.8 Å². The number of amides is 1. The molecular formula is C18H23FN2O3. The Morgan fingerprint density at radius 3 is 2.79 bits per heavy atom. The normalized spacial score (nSPS) is 10.9. The number of ether oxygens (including phenoxy) is 1. The predicted octanol–water partition coefficient (Wildman–Crippen LogP) is 3.44. The molecule has 0 atom stereocenters. The molecule has 0 aliphatic heterocycles. The number of aromatic nitrogens is 1. The fraction of sp³-hybridized carbons (Fsp3) is 0.444. The number of benzene rings is 1. The monoisotopic (exact) mass is 334 g/mol. The summed E-state index contributed by atoms with van der Waals surface area (Å²) >= 11 is 0. The van der Waals surface area contributed by atoms with Gasteiger partial charge in [0.2, 0.25) is 5.91 Å². The molecule has 1 aromatic heterocycles. The highest BCUT2D eigenvalue weighted by molar-refractivity contribution is 5.76. The van der Waals surface area contributed by atoms with E-state index in [0.29, 0.717) is 43.5 Å². The molecule has 0 fully saturated rings. The van der Waals surface area contributed by atoms with Crippen molar-refractivity contribution in [1.82, 2.24) is 10.1 Å². The Labute approximate surface area is 141 Å². The average molecular weight is 334 g/mol. The number of methoxy groups -OCH3 is 1. The van der Waals surface area contributed by atoms with Gasteiger partial charge in [-0.1, -0.05) is 26.0 Å². The highest BCUT2D eigenvalue weighted by atomic mass is 19.1. The van der Waals surface area contributed by atoms with Gasteiger partial charge in [0.05, 0.1) is 7.11 Å². The molecule has 1 amide bonds. The molecule has 24 heavy (non-hydrogen) atoms. The van der Waals surface area contributed by atoms with E-state index in [4.69, 9.17) is 9.26 Å². The SMILES string of the molecule is COc1cc(CCC(=O)N(Cc2cccc(F)c2)CC(C)C)on1. The maximum absolute atomic E-state index is 13.4. The molecule has 1 heterocycles. The quantitative estimate of drug-likeness (QED) is 0.742. The Balaban J connectivity index is 1.99. The summed E-state index contributed by atoms with van der Waals surface area (Å²) < 4.78 is 23.4. The molecule has 0 unspecified atom stereocenters. The summed E-state index contributed by atoms with van der Waals surface area (Å²) in [5.74, 6) is 1.04. The molecule has 2 aromatic rings. The van der Waals surface area contributed by atoms with Gasteiger partial charge in [0.1, 0.15) is 11.6 Å². The minimum atomic E-state index is -0.293. The smallest absolute Gasteiger partial charge is 0.254 e. The maximum Gasteiger partial charge on any atom is 0.254 e. The van der Waals surface area contributed by atoms with E-state index in [0.717, 1.165) is 5.56 Å². The first kappa shape index (κ1) is 18.0. The molecule has 0 bridgehead atoms. The second-order valence-corrected chi connectivity index (χ2v) is 6.13. The fourth-order valence-electron chi connectivity index (χ4n) is 2.45. The van der Waals surface area contributed by atoms with Gasteiger partial charge in [0, 0.05) is 32.0 Å². The average Bonchev–Trinajstić information content (AvgIpc) is 2.99. The lowest BCUT2D eigenvalue weighted by molar-refractivity contribution is -0.132. The van der Waals surface area contributed by atoms with E-state index < -0.39 is 0 Å². The lowest BCUT2D eigenvalue weighted by Gasteiger charge is -2.24. The van der Waals surface area contributed by atoms with Crippen LogP contribution in [0.3, 0.4) is 0 Å². The molecule has 6 heteroatoms. The summed E-state index contributed by atoms with van der Waals surface area (Å²) in [6.45, 7) is 5.11. The zero-order valence-corrected chi connectivity index (χ0v) is 14.3. The van der Waals surface area contributed by atoms with Crippen molar-refractivity contribution in [2.24, 2.45) is 5.92 Å². The summed E-state index contributed by atoms with van der Waals surface area (Å²) in [5.41, 5.74) is 0.783. The van der Waals surface area contributed by atoms with Crippen molar-refractivity contribution in [2.45, 2.75) is 33.2 Å². The highest BCUT2D eigenvalue weighted by Gasteiger charge is 2.17. The summed E-state index contributed by atoms with van der Waals surface area (Å²) in [7, 11) is 1.51. The van der Waals surface area contributed by atoms with Gasteiger partial charge < -0.3 is 14.2 Å². The van der Waals surface area contributed by atoms with Crippen LogP contribution in [0.1, 0.15) is 31.6 Å². The molecule has 130 valence electrons. The first-order valence-corrected chi connectivity index (χ1v) is 7.99. The zero-order chi connectivity index (χ0) is 17.5. The number of hydrogen-bond acceptors (Lipinski definition) is 4. The van der Waals surface area contributed by atoms with Crippen molar-refractivity contribution in [3.05, 3.63) is 47.5 Å². The molecule has 0 spiro atoms. The van der Waals surface area contributed by atoms with Crippen LogP contribution < -0.4 is 4.74 Å². The largest absolute Gasteiger partial charge is 0.479 e. The molecule has 0 radical (unpaired) electrons. The number of carbonyl (C=O) groups is 1. The van der Waals surface area contributed by atoms with Crippen molar-refractivity contribution >= 4 is 5.91 Å². The van der Waals surface area contributed by atoms with E-state index in [1.54, 1.807) is 17.0 Å². The van der Waals surface area contributed by atoms with E-state index in [1.807, 2.05) is 19.9 Å². The van der Waals surface area contributed by atoms with Crippen molar-refractivity contribution in [3.8, 4) is 5.88 Å². The van der Waals surface area contributed by atoms with E-state index in [2.05, 4.69) is 5.16 Å². The van der Waals surface area contributed by atoms with Crippen LogP contribution in [0.2, 0.25) is 0 Å². The van der Waals surface area contributed by atoms with Crippen molar-refractivity contribution in [3.63, 3.8) is 0 Å². The number of halogens is 1. The maximum atomic E-state index is 13.4. The molecule has 5 nitrogen and oxygen atoms in total. The first-order valence-electron chi connectivity index (χ1n) is 7.99. The predicted molar refractivity (Wildman–Crippen MR) is 88.0 cm³/mol. The van der Waals surface area contributed by atoms with Crippen LogP contribution in [0.25, 0.3) is 0 Å². The third-order valence-corrected chi connectivity index (χ3v) is 3.53. The van der Waals surface area contributed by atoms with Gasteiger partial charge in [0.25, 0.3) is 5.88 Å². The van der Waals surface area contributed by atoms with Gasteiger partial charge >= 0.3 is 0 Å². The van der Waals surface area contributed by atoms with Crippen LogP contribution in [0, 0.1) is 11.7 Å². The molecule has 0 aliphatic carbocycles. The van der Waals surface area contributed by atoms with Crippen molar-refractivity contribution in [1.29, 1.82) is 0 Å². The fourth-order valence-corrected chi connectivity index (χ4v) is 2.45. The summed E-state index contributed by atoms with van der Waals surface area (Å²) in [4.78, 5) is 14.3. The van der Waals surface area contributed by atoms with Gasteiger partial charge in [-0.2, -0.15) is 0 Å². The second-order valence-electron chi connectivity index (χ2n) is 6.13. The number of nitrogens with zero attached hydrogens (tertiary/aromatic N) is 2. The lowest BCUT2D eigenvalue weighted by Crippen LogP contribution is -2.33. The summed E-state index contributed by atoms with van der Waals surface area (Å²) in [5, 5.41) is 3.72. The van der Waals surface area contributed by atoms with E-state index >= 15 is 0 Å². The Morgan fingerprint density at radius 1 is 1.38 bits per heavy atom. The summed E-state index contributed by atoms with van der Waals surface area (Å²) in [6, 6.07) is 8.01. The van der Waals surface area contributed by atoms with E-state index in [-0.39, 0.29) is 11.7 Å². The van der Waals surface area contributed by atoms with Crippen molar-refractivity contribution < 1.29 is 18.4 Å². The number of carbonyl (C=O) groups excluding carboxylic acids is 1. The Kier molecular flexibility index (Phi) is 6.35. The molecule has 0 aliphatic rings. The van der Waals surface area contributed by atoms with Gasteiger partial charge in [0.15, 0.2) is 0 Å². The minimum absolute atomic E-state index is 0.00308. The topological polar surface area (TPSA) is 55.6 Å². The third-order valence-electron chi connectivity index (χ3n) is 3.53. The van der Waals surface area contributed by atoms with Crippen LogP contribution in [0.5, 0.6) is 5.88 Å². The summed E-state index contributed by atoms with van der Waals surface area (Å²) in [6.07, 6.45) is 0.757. The standard InChI is InChI=1S/C18H23FN2O3/c1-13(2)11-21(12-14-5-4-6-15(19)9-14)18(22)8-7-16-10-17(23-3)20-24-16/h4-6,9-10,13H,7-8,11-12H2,1-3H3. The van der Waals surface area contributed by atoms with E-state index in [1.165, 1.54) is 19.2 Å². The molecule has 2 rings (SSSR count). The highest BCUT2D eigenvalue weighted by Crippen LogP contribution is 2.15. The molecule has 0 N–H and O–H groups in total. The molecular weight excluding hydrogens is 311 g/mol. The number of rotatable bonds is 8. The number of hydrogen-bond donors (Lipinski definition) is 0. The molecule has 0 saturated carbocycles.